The zero-order valence-electron chi connectivity index (χ0n) is 11.7. The van der Waals surface area contributed by atoms with Gasteiger partial charge >= 0.3 is 0 Å². The van der Waals surface area contributed by atoms with E-state index < -0.39 is 0 Å². The highest BCUT2D eigenvalue weighted by atomic mass is 16.2. The van der Waals surface area contributed by atoms with E-state index in [9.17, 15) is 4.79 Å². The number of carbonyl (C=O) groups is 1. The number of nitrogens with zero attached hydrogens (tertiary/aromatic N) is 4. The van der Waals surface area contributed by atoms with E-state index in [2.05, 4.69) is 29.5 Å². The second kappa shape index (κ2) is 7.10. The third-order valence-electron chi connectivity index (χ3n) is 2.64. The zero-order valence-corrected chi connectivity index (χ0v) is 11.7. The van der Waals surface area contributed by atoms with Crippen molar-refractivity contribution in [3.63, 3.8) is 0 Å². The van der Waals surface area contributed by atoms with Crippen LogP contribution < -0.4 is 5.32 Å². The summed E-state index contributed by atoms with van der Waals surface area (Å²) in [4.78, 5) is 13.3. The molecule has 0 aliphatic rings. The molecule has 6 nitrogen and oxygen atoms in total. The van der Waals surface area contributed by atoms with Crippen LogP contribution in [-0.4, -0.2) is 45.9 Å². The third-order valence-corrected chi connectivity index (χ3v) is 2.64. The van der Waals surface area contributed by atoms with Gasteiger partial charge in [-0.3, -0.25) is 4.79 Å². The number of nitrogens with one attached hydrogen (secondary N) is 1. The van der Waals surface area contributed by atoms with Crippen LogP contribution in [0.5, 0.6) is 0 Å². The molecular formula is C12H23N5O. The Hall–Kier alpha value is -1.43. The fourth-order valence-electron chi connectivity index (χ4n) is 1.42. The van der Waals surface area contributed by atoms with Crippen LogP contribution in [0.1, 0.15) is 26.5 Å². The van der Waals surface area contributed by atoms with Crippen molar-refractivity contribution in [2.45, 2.75) is 33.9 Å². The highest BCUT2D eigenvalue weighted by Gasteiger charge is 2.09. The van der Waals surface area contributed by atoms with Crippen LogP contribution in [0.4, 0.5) is 0 Å². The maximum atomic E-state index is 11.7. The first-order valence-corrected chi connectivity index (χ1v) is 6.36. The van der Waals surface area contributed by atoms with Crippen LogP contribution in [0.2, 0.25) is 0 Å². The van der Waals surface area contributed by atoms with Gasteiger partial charge in [0.15, 0.2) is 0 Å². The second-order valence-electron chi connectivity index (χ2n) is 4.84. The van der Waals surface area contributed by atoms with E-state index in [1.54, 1.807) is 16.6 Å². The molecule has 1 amide bonds. The summed E-state index contributed by atoms with van der Waals surface area (Å²) in [5, 5.41) is 11.3. The summed E-state index contributed by atoms with van der Waals surface area (Å²) >= 11 is 0. The molecule has 0 bridgehead atoms. The molecule has 1 heterocycles. The molecule has 0 aliphatic heterocycles. The van der Waals surface area contributed by atoms with Gasteiger partial charge < -0.3 is 10.2 Å². The summed E-state index contributed by atoms with van der Waals surface area (Å²) < 4.78 is 1.58. The van der Waals surface area contributed by atoms with Crippen molar-refractivity contribution in [3.05, 3.63) is 11.9 Å². The second-order valence-corrected chi connectivity index (χ2v) is 4.84. The van der Waals surface area contributed by atoms with Crippen molar-refractivity contribution < 1.29 is 4.79 Å². The van der Waals surface area contributed by atoms with E-state index in [0.717, 1.165) is 12.2 Å². The number of carbonyl (C=O) groups excluding carboxylic acids is 1. The van der Waals surface area contributed by atoms with E-state index in [1.165, 1.54) is 0 Å². The number of aromatic nitrogens is 3. The molecule has 6 heteroatoms. The van der Waals surface area contributed by atoms with Crippen LogP contribution in [-0.2, 0) is 17.9 Å². The Balaban J connectivity index is 2.41. The number of rotatable bonds is 7. The predicted octanol–water partition coefficient (Wildman–Crippen LogP) is 0.502. The van der Waals surface area contributed by atoms with Crippen LogP contribution in [0, 0.1) is 5.92 Å². The van der Waals surface area contributed by atoms with E-state index in [-0.39, 0.29) is 12.5 Å². The molecule has 1 aromatic heterocycles. The zero-order chi connectivity index (χ0) is 13.5. The smallest absolute Gasteiger partial charge is 0.244 e. The van der Waals surface area contributed by atoms with Gasteiger partial charge in [0.2, 0.25) is 5.91 Å². The first kappa shape index (κ1) is 14.6. The lowest BCUT2D eigenvalue weighted by molar-refractivity contribution is -0.130. The quantitative estimate of drug-likeness (QED) is 0.768. The van der Waals surface area contributed by atoms with E-state index in [1.807, 2.05) is 13.1 Å². The Kier molecular flexibility index (Phi) is 5.77. The van der Waals surface area contributed by atoms with Gasteiger partial charge in [-0.2, -0.15) is 0 Å². The molecule has 0 saturated heterocycles. The Morgan fingerprint density at radius 2 is 2.28 bits per heavy atom. The van der Waals surface area contributed by atoms with Gasteiger partial charge in [-0.05, 0) is 19.4 Å². The summed E-state index contributed by atoms with van der Waals surface area (Å²) in [7, 11) is 1.78. The number of hydrogen-bond acceptors (Lipinski definition) is 4. The average molecular weight is 253 g/mol. The maximum absolute atomic E-state index is 11.7. The van der Waals surface area contributed by atoms with Crippen LogP contribution in [0.3, 0.4) is 0 Å². The highest BCUT2D eigenvalue weighted by Crippen LogP contribution is 1.96. The summed E-state index contributed by atoms with van der Waals surface area (Å²) in [6.45, 7) is 8.85. The van der Waals surface area contributed by atoms with E-state index in [0.29, 0.717) is 19.0 Å². The first-order chi connectivity index (χ1) is 8.52. The topological polar surface area (TPSA) is 63.1 Å². The molecule has 0 aromatic carbocycles. The molecule has 0 atom stereocenters. The first-order valence-electron chi connectivity index (χ1n) is 6.36. The van der Waals surface area contributed by atoms with Crippen LogP contribution >= 0.6 is 0 Å². The van der Waals surface area contributed by atoms with Gasteiger partial charge in [0.25, 0.3) is 0 Å². The fourth-order valence-corrected chi connectivity index (χ4v) is 1.42. The van der Waals surface area contributed by atoms with Gasteiger partial charge in [-0.1, -0.05) is 19.1 Å². The lowest BCUT2D eigenvalue weighted by Gasteiger charge is -2.13. The predicted molar refractivity (Wildman–Crippen MR) is 69.9 cm³/mol. The highest BCUT2D eigenvalue weighted by molar-refractivity contribution is 5.75. The van der Waals surface area contributed by atoms with E-state index >= 15 is 0 Å². The molecule has 0 radical (unpaired) electrons. The molecular weight excluding hydrogens is 230 g/mol. The summed E-state index contributed by atoms with van der Waals surface area (Å²) in [5.41, 5.74) is 0.864. The van der Waals surface area contributed by atoms with Crippen molar-refractivity contribution in [1.82, 2.24) is 25.2 Å². The van der Waals surface area contributed by atoms with Crippen molar-refractivity contribution in [3.8, 4) is 0 Å². The van der Waals surface area contributed by atoms with Gasteiger partial charge in [-0.25, -0.2) is 4.68 Å². The monoisotopic (exact) mass is 253 g/mol. The Morgan fingerprint density at radius 3 is 2.89 bits per heavy atom. The minimum Gasteiger partial charge on any atom is -0.344 e. The summed E-state index contributed by atoms with van der Waals surface area (Å²) in [5.74, 6) is 0.656. The normalized spacial score (nSPS) is 10.9. The van der Waals surface area contributed by atoms with Crippen LogP contribution in [0.15, 0.2) is 6.20 Å². The van der Waals surface area contributed by atoms with Crippen molar-refractivity contribution >= 4 is 5.91 Å². The molecule has 102 valence electrons. The number of amides is 1. The van der Waals surface area contributed by atoms with Crippen LogP contribution in [0.25, 0.3) is 0 Å². The number of likely N-dealkylation sites (N-methyl/N-ethyl adjacent to an activating group) is 1. The Labute approximate surface area is 108 Å². The molecule has 1 aromatic rings. The van der Waals surface area contributed by atoms with Gasteiger partial charge in [0.1, 0.15) is 6.54 Å². The maximum Gasteiger partial charge on any atom is 0.244 e. The molecule has 0 unspecified atom stereocenters. The Morgan fingerprint density at radius 1 is 1.56 bits per heavy atom. The molecule has 0 spiro atoms. The van der Waals surface area contributed by atoms with Crippen molar-refractivity contribution in [1.29, 1.82) is 0 Å². The fraction of sp³-hybridized carbons (Fsp3) is 0.750. The summed E-state index contributed by atoms with van der Waals surface area (Å²) in [6, 6.07) is 0. The molecule has 0 fully saturated rings. The van der Waals surface area contributed by atoms with Gasteiger partial charge in [0.05, 0.1) is 11.9 Å². The lowest BCUT2D eigenvalue weighted by Crippen LogP contribution is -2.30. The molecule has 0 saturated carbocycles. The molecule has 1 rings (SSSR count). The summed E-state index contributed by atoms with van der Waals surface area (Å²) in [6.07, 6.45) is 1.81. The van der Waals surface area contributed by atoms with Crippen molar-refractivity contribution in [2.75, 3.05) is 20.1 Å². The molecule has 0 aliphatic carbocycles. The van der Waals surface area contributed by atoms with Crippen molar-refractivity contribution in [2.24, 2.45) is 5.92 Å². The lowest BCUT2D eigenvalue weighted by atomic mass is 10.2. The molecule has 1 N–H and O–H groups in total. The average Bonchev–Trinajstić information content (AvgIpc) is 2.75. The minimum absolute atomic E-state index is 0.0455. The number of hydrogen-bond donors (Lipinski definition) is 1. The largest absolute Gasteiger partial charge is 0.344 e. The Bertz CT molecular complexity index is 374. The van der Waals surface area contributed by atoms with Gasteiger partial charge in [-0.15, -0.1) is 5.10 Å². The minimum atomic E-state index is 0.0455. The molecule has 18 heavy (non-hydrogen) atoms. The third kappa shape index (κ3) is 4.83. The van der Waals surface area contributed by atoms with Gasteiger partial charge in [0, 0.05) is 20.1 Å². The van der Waals surface area contributed by atoms with E-state index in [4.69, 9.17) is 0 Å². The standard InChI is InChI=1S/C12H23N5O/c1-5-16(4)12(18)9-17-8-11(14-15-17)7-13-6-10(2)3/h8,10,13H,5-7,9H2,1-4H3. The SMILES string of the molecule is CCN(C)C(=O)Cn1cc(CNCC(C)C)nn1.